The number of thiocarbonyl (C=S) groups is 1. The van der Waals surface area contributed by atoms with Gasteiger partial charge >= 0.3 is 6.09 Å². The van der Waals surface area contributed by atoms with Crippen LogP contribution in [-0.4, -0.2) is 44.1 Å². The minimum atomic E-state index is -4.33. The summed E-state index contributed by atoms with van der Waals surface area (Å²) in [4.78, 5) is 37.7. The second-order valence-electron chi connectivity index (χ2n) is 9.69. The Morgan fingerprint density at radius 1 is 0.804 bits per heavy atom. The van der Waals surface area contributed by atoms with Gasteiger partial charge in [-0.05, 0) is 71.9 Å². The fourth-order valence-corrected chi connectivity index (χ4v) is 5.47. The first-order chi connectivity index (χ1) is 22.1. The molecule has 0 aliphatic carbocycles. The predicted molar refractivity (Wildman–Crippen MR) is 179 cm³/mol. The maximum Gasteiger partial charge on any atom is 0.408 e. The third-order valence-corrected chi connectivity index (χ3v) is 8.29. The molecule has 3 amide bonds. The molecule has 0 aliphatic heterocycles. The molecule has 0 heterocycles. The number of carbonyl (C=O) groups is 3. The van der Waals surface area contributed by atoms with Crippen molar-refractivity contribution < 1.29 is 32.3 Å². The Morgan fingerprint density at radius 2 is 1.41 bits per heavy atom. The highest BCUT2D eigenvalue weighted by Gasteiger charge is 2.27. The van der Waals surface area contributed by atoms with Crippen LogP contribution in [0.1, 0.15) is 11.1 Å². The zero-order valence-electron chi connectivity index (χ0n) is 24.1. The van der Waals surface area contributed by atoms with Crippen molar-refractivity contribution >= 4 is 66.9 Å². The van der Waals surface area contributed by atoms with Crippen LogP contribution < -0.4 is 25.4 Å². The number of anilines is 1. The molecule has 4 aromatic carbocycles. The summed E-state index contributed by atoms with van der Waals surface area (Å²) in [7, 11) is -4.33. The molecule has 0 unspecified atom stereocenters. The lowest BCUT2D eigenvalue weighted by molar-refractivity contribution is -0.122. The molecule has 0 spiro atoms. The van der Waals surface area contributed by atoms with Crippen molar-refractivity contribution in [3.63, 3.8) is 0 Å². The van der Waals surface area contributed by atoms with Gasteiger partial charge in [0.2, 0.25) is 0 Å². The van der Waals surface area contributed by atoms with E-state index in [0.717, 1.165) is 10.0 Å². The van der Waals surface area contributed by atoms with E-state index in [1.54, 1.807) is 78.9 Å². The number of hydrogen-bond acceptors (Lipinski definition) is 8. The third-order valence-electron chi connectivity index (χ3n) is 6.20. The smallest absolute Gasteiger partial charge is 0.408 e. The number of carbonyl (C=O) groups excluding carboxylic acids is 3. The molecule has 238 valence electrons. The van der Waals surface area contributed by atoms with E-state index in [2.05, 4.69) is 31.9 Å². The van der Waals surface area contributed by atoms with Crippen LogP contribution in [0.15, 0.2) is 119 Å². The molecule has 0 bridgehead atoms. The highest BCUT2D eigenvalue weighted by Crippen LogP contribution is 2.17. The summed E-state index contributed by atoms with van der Waals surface area (Å²) in [6.07, 6.45) is -0.862. The topological polar surface area (TPSA) is 152 Å². The van der Waals surface area contributed by atoms with E-state index in [-0.39, 0.29) is 29.6 Å². The summed E-state index contributed by atoms with van der Waals surface area (Å²) >= 11 is 8.48. The van der Waals surface area contributed by atoms with Gasteiger partial charge in [0.1, 0.15) is 18.4 Å². The highest BCUT2D eigenvalue weighted by molar-refractivity contribution is 9.10. The Bertz CT molecular complexity index is 1760. The van der Waals surface area contributed by atoms with Gasteiger partial charge in [0.05, 0.1) is 4.90 Å². The first kappa shape index (κ1) is 34.1. The number of rotatable bonds is 12. The minimum Gasteiger partial charge on any atom is -0.484 e. The van der Waals surface area contributed by atoms with E-state index in [1.807, 2.05) is 10.8 Å². The third kappa shape index (κ3) is 11.0. The number of sulfonamides is 1. The molecule has 11 nitrogen and oxygen atoms in total. The largest absolute Gasteiger partial charge is 0.484 e. The number of alkyl carbamates (subject to hydrolysis) is 1. The Balaban J connectivity index is 1.33. The fraction of sp³-hybridized carbons (Fsp3) is 0.125. The van der Waals surface area contributed by atoms with Gasteiger partial charge in [-0.1, -0.05) is 76.6 Å². The van der Waals surface area contributed by atoms with Gasteiger partial charge in [0.25, 0.3) is 21.8 Å². The van der Waals surface area contributed by atoms with Gasteiger partial charge in [0.15, 0.2) is 11.7 Å². The number of amides is 3. The van der Waals surface area contributed by atoms with Gasteiger partial charge < -0.3 is 20.1 Å². The molecule has 4 aromatic rings. The van der Waals surface area contributed by atoms with Crippen LogP contribution in [0.2, 0.25) is 0 Å². The fourth-order valence-electron chi connectivity index (χ4n) is 3.95. The van der Waals surface area contributed by atoms with Gasteiger partial charge in [0, 0.05) is 16.6 Å². The lowest BCUT2D eigenvalue weighted by Gasteiger charge is -2.19. The normalized spacial score (nSPS) is 11.4. The van der Waals surface area contributed by atoms with Crippen molar-refractivity contribution in [2.24, 2.45) is 0 Å². The average Bonchev–Trinajstić information content (AvgIpc) is 3.04. The quantitative estimate of drug-likeness (QED) is 0.153. The molecule has 14 heteroatoms. The number of hydrogen-bond donors (Lipinski definition) is 4. The second-order valence-corrected chi connectivity index (χ2v) is 12.7. The molecule has 1 atom stereocenters. The van der Waals surface area contributed by atoms with Crippen molar-refractivity contribution in [1.29, 1.82) is 0 Å². The van der Waals surface area contributed by atoms with Gasteiger partial charge in [-0.3, -0.25) is 14.9 Å². The summed E-state index contributed by atoms with van der Waals surface area (Å²) < 4.78 is 39.7. The maximum absolute atomic E-state index is 13.2. The number of nitrogens with one attached hydrogen (secondary N) is 4. The zero-order chi connectivity index (χ0) is 32.9. The standard InChI is InChI=1S/C32H29BrN4O7S2/c33-24-11-15-26(16-12-24)43-21-29(38)36-31(45)34-25-13-17-27(18-14-25)46(41,42)37-30(39)28(19-22-7-3-1-4-8-22)35-32(40)44-20-23-9-5-2-6-10-23/h1-18,28H,19-21H2,(H,35,40)(H,37,39)(H2,34,36,38,45)/t28-/m0/s1. The lowest BCUT2D eigenvalue weighted by Crippen LogP contribution is -2.49. The molecule has 0 saturated carbocycles. The van der Waals surface area contributed by atoms with Crippen LogP contribution in [0.4, 0.5) is 10.5 Å². The van der Waals surface area contributed by atoms with Gasteiger partial charge in [-0.2, -0.15) is 0 Å². The molecule has 46 heavy (non-hydrogen) atoms. The molecule has 0 aliphatic rings. The second kappa shape index (κ2) is 16.5. The van der Waals surface area contributed by atoms with Crippen LogP contribution in [0.25, 0.3) is 0 Å². The van der Waals surface area contributed by atoms with Crippen molar-refractivity contribution in [3.05, 3.63) is 125 Å². The van der Waals surface area contributed by atoms with Gasteiger partial charge in [-0.15, -0.1) is 0 Å². The van der Waals surface area contributed by atoms with Crippen molar-refractivity contribution in [1.82, 2.24) is 15.4 Å². The molecule has 4 N–H and O–H groups in total. The maximum atomic E-state index is 13.2. The summed E-state index contributed by atoms with van der Waals surface area (Å²) in [5, 5.41) is 7.70. The molecular formula is C32H29BrN4O7S2. The number of benzene rings is 4. The van der Waals surface area contributed by atoms with Crippen LogP contribution in [-0.2, 0) is 37.4 Å². The molecule has 0 fully saturated rings. The summed E-state index contributed by atoms with van der Waals surface area (Å²) in [5.41, 5.74) is 1.83. The Hall–Kier alpha value is -4.79. The zero-order valence-corrected chi connectivity index (χ0v) is 27.4. The average molecular weight is 726 g/mol. The Morgan fingerprint density at radius 3 is 2.04 bits per heavy atom. The summed E-state index contributed by atoms with van der Waals surface area (Å²) in [5.74, 6) is -0.937. The molecule has 0 aromatic heterocycles. The van der Waals surface area contributed by atoms with Crippen molar-refractivity contribution in [2.75, 3.05) is 11.9 Å². The monoisotopic (exact) mass is 724 g/mol. The SMILES string of the molecule is O=C(COc1ccc(Br)cc1)NC(=S)Nc1ccc(S(=O)(=O)NC(=O)[C@H](Cc2ccccc2)NC(=O)OCc2ccccc2)cc1. The van der Waals surface area contributed by atoms with E-state index in [4.69, 9.17) is 21.7 Å². The summed E-state index contributed by atoms with van der Waals surface area (Å²) in [6.45, 7) is -0.302. The lowest BCUT2D eigenvalue weighted by atomic mass is 10.1. The highest BCUT2D eigenvalue weighted by atomic mass is 79.9. The first-order valence-electron chi connectivity index (χ1n) is 13.7. The number of ether oxygens (including phenoxy) is 2. The van der Waals surface area contributed by atoms with Crippen LogP contribution in [0.3, 0.4) is 0 Å². The Labute approximate surface area is 279 Å². The predicted octanol–water partition coefficient (Wildman–Crippen LogP) is 4.68. The molecule has 0 radical (unpaired) electrons. The van der Waals surface area contributed by atoms with E-state index >= 15 is 0 Å². The van der Waals surface area contributed by atoms with Crippen LogP contribution in [0.5, 0.6) is 5.75 Å². The van der Waals surface area contributed by atoms with E-state index in [9.17, 15) is 22.8 Å². The molecule has 4 rings (SSSR count). The molecular weight excluding hydrogens is 696 g/mol. The summed E-state index contributed by atoms with van der Waals surface area (Å²) in [6, 6.07) is 28.8. The van der Waals surface area contributed by atoms with Gasteiger partial charge in [-0.25, -0.2) is 17.9 Å². The number of halogens is 1. The van der Waals surface area contributed by atoms with Crippen LogP contribution >= 0.6 is 28.1 Å². The van der Waals surface area contributed by atoms with Crippen molar-refractivity contribution in [3.8, 4) is 5.75 Å². The molecule has 0 saturated heterocycles. The van der Waals surface area contributed by atoms with E-state index in [1.165, 1.54) is 24.3 Å². The van der Waals surface area contributed by atoms with Crippen LogP contribution in [0, 0.1) is 0 Å². The first-order valence-corrected chi connectivity index (χ1v) is 16.4. The van der Waals surface area contributed by atoms with E-state index in [0.29, 0.717) is 17.0 Å². The van der Waals surface area contributed by atoms with Crippen molar-refractivity contribution in [2.45, 2.75) is 24.0 Å². The van der Waals surface area contributed by atoms with E-state index < -0.39 is 34.0 Å². The minimum absolute atomic E-state index is 0.0167. The Kier molecular flexibility index (Phi) is 12.2.